The molecular formula is C41H44Cl2N6O6. The number of aromatic nitrogens is 3. The largest absolute Gasteiger partial charge is 0.481 e. The van der Waals surface area contributed by atoms with Crippen LogP contribution in [0.15, 0.2) is 48.5 Å². The molecule has 4 fully saturated rings. The van der Waals surface area contributed by atoms with Crippen LogP contribution in [-0.2, 0) is 29.1 Å². The molecule has 0 spiro atoms. The molecule has 2 atom stereocenters. The Labute approximate surface area is 329 Å². The Kier molecular flexibility index (Phi) is 10.6. The Bertz CT molecular complexity index is 2130. The second kappa shape index (κ2) is 15.6. The number of ether oxygens (including phenoxy) is 3. The minimum atomic E-state index is -0.730. The quantitative estimate of drug-likeness (QED) is 0.132. The lowest BCUT2D eigenvalue weighted by molar-refractivity contribution is -0.160. The van der Waals surface area contributed by atoms with Gasteiger partial charge in [-0.2, -0.15) is 4.98 Å². The van der Waals surface area contributed by atoms with Crippen LogP contribution in [0.25, 0.3) is 22.4 Å². The van der Waals surface area contributed by atoms with E-state index in [-0.39, 0.29) is 29.1 Å². The molecular weight excluding hydrogens is 743 g/mol. The highest BCUT2D eigenvalue weighted by atomic mass is 35.5. The number of carboxylic acids is 1. The number of nitrogens with one attached hydrogen (secondary N) is 2. The van der Waals surface area contributed by atoms with Gasteiger partial charge in [0.2, 0.25) is 17.7 Å². The zero-order valence-corrected chi connectivity index (χ0v) is 32.4. The maximum absolute atomic E-state index is 12.2. The summed E-state index contributed by atoms with van der Waals surface area (Å²) in [5, 5.41) is 17.1. The van der Waals surface area contributed by atoms with Crippen molar-refractivity contribution in [1.29, 1.82) is 0 Å². The van der Waals surface area contributed by atoms with E-state index >= 15 is 0 Å². The number of halogens is 2. The summed E-state index contributed by atoms with van der Waals surface area (Å²) in [4.78, 5) is 40.1. The van der Waals surface area contributed by atoms with Crippen molar-refractivity contribution in [2.75, 3.05) is 27.3 Å². The maximum Gasteiger partial charge on any atom is 0.310 e. The van der Waals surface area contributed by atoms with Crippen molar-refractivity contribution >= 4 is 35.1 Å². The molecule has 3 saturated heterocycles. The van der Waals surface area contributed by atoms with Crippen LogP contribution in [0.2, 0.25) is 10.2 Å². The number of piperidine rings is 2. The van der Waals surface area contributed by atoms with Gasteiger partial charge in [0.05, 0.1) is 30.4 Å². The smallest absolute Gasteiger partial charge is 0.310 e. The van der Waals surface area contributed by atoms with Crippen LogP contribution < -0.4 is 24.8 Å². The molecule has 12 nitrogen and oxygen atoms in total. The standard InChI is InChI=1S/C41H44Cl2N6O6/c1-53-37-23(19-44-20-24-10-14-34(50)45-24)9-12-31(47-37)30-8-4-7-29(35(30)42)26-5-3-6-28-27(26)11-13-33(28)55-39-36(43)46-32(38(48-39)54-2)21-49-22-41(40(51)52)17-15-25(49)16-18-41/h3-9,12,24-25,33,44H,10-11,13-22H2,1-2H3,(H,45,50)(H,51,52)/t24-,25?,33-,41?/m0/s1. The molecule has 9 rings (SSSR count). The second-order valence-electron chi connectivity index (χ2n) is 15.0. The van der Waals surface area contributed by atoms with Gasteiger partial charge in [-0.15, -0.1) is 0 Å². The zero-order chi connectivity index (χ0) is 38.3. The number of fused-ring (bicyclic) bond motifs is 4. The predicted octanol–water partition coefficient (Wildman–Crippen LogP) is 6.79. The van der Waals surface area contributed by atoms with Gasteiger partial charge in [-0.25, -0.2) is 9.97 Å². The van der Waals surface area contributed by atoms with Crippen LogP contribution >= 0.6 is 23.2 Å². The van der Waals surface area contributed by atoms with Crippen molar-refractivity contribution in [3.63, 3.8) is 0 Å². The summed E-state index contributed by atoms with van der Waals surface area (Å²) < 4.78 is 17.8. The molecule has 5 aliphatic rings. The molecule has 0 radical (unpaired) electrons. The molecule has 1 amide bonds. The van der Waals surface area contributed by atoms with Gasteiger partial charge in [0, 0.05) is 61.4 Å². The predicted molar refractivity (Wildman–Crippen MR) is 208 cm³/mol. The van der Waals surface area contributed by atoms with Crippen molar-refractivity contribution in [3.8, 4) is 40.0 Å². The molecule has 0 unspecified atom stereocenters. The van der Waals surface area contributed by atoms with Gasteiger partial charge in [0.15, 0.2) is 5.15 Å². The first-order valence-electron chi connectivity index (χ1n) is 18.9. The van der Waals surface area contributed by atoms with Crippen LogP contribution in [0.4, 0.5) is 0 Å². The fourth-order valence-corrected chi connectivity index (χ4v) is 9.33. The number of pyridine rings is 1. The number of nitrogens with zero attached hydrogens (tertiary/aromatic N) is 4. The van der Waals surface area contributed by atoms with Gasteiger partial charge in [-0.1, -0.05) is 65.7 Å². The highest BCUT2D eigenvalue weighted by Crippen LogP contribution is 2.47. The van der Waals surface area contributed by atoms with Gasteiger partial charge in [-0.3, -0.25) is 14.5 Å². The first kappa shape index (κ1) is 37.4. The summed E-state index contributed by atoms with van der Waals surface area (Å²) in [6, 6.07) is 16.5. The molecule has 2 aromatic heterocycles. The molecule has 5 heterocycles. The number of amides is 1. The lowest BCUT2D eigenvalue weighted by atomic mass is 9.67. The Morgan fingerprint density at radius 2 is 1.69 bits per heavy atom. The number of methoxy groups -OCH3 is 2. The van der Waals surface area contributed by atoms with E-state index in [9.17, 15) is 14.7 Å². The molecule has 55 heavy (non-hydrogen) atoms. The van der Waals surface area contributed by atoms with Crippen molar-refractivity contribution in [3.05, 3.63) is 81.1 Å². The molecule has 3 aliphatic heterocycles. The van der Waals surface area contributed by atoms with Gasteiger partial charge < -0.3 is 30.0 Å². The van der Waals surface area contributed by atoms with Crippen molar-refractivity contribution in [2.45, 2.75) is 82.6 Å². The number of benzene rings is 2. The van der Waals surface area contributed by atoms with E-state index in [1.165, 1.54) is 0 Å². The van der Waals surface area contributed by atoms with E-state index in [0.29, 0.717) is 86.1 Å². The van der Waals surface area contributed by atoms with Crippen LogP contribution in [0, 0.1) is 5.41 Å². The van der Waals surface area contributed by atoms with Crippen molar-refractivity contribution in [1.82, 2.24) is 30.5 Å². The molecule has 2 bridgehead atoms. The summed E-state index contributed by atoms with van der Waals surface area (Å²) in [7, 11) is 3.15. The summed E-state index contributed by atoms with van der Waals surface area (Å²) >= 11 is 13.9. The number of carbonyl (C=O) groups excluding carboxylic acids is 1. The van der Waals surface area contributed by atoms with Crippen molar-refractivity contribution < 1.29 is 28.9 Å². The van der Waals surface area contributed by atoms with E-state index < -0.39 is 11.4 Å². The Morgan fingerprint density at radius 1 is 0.927 bits per heavy atom. The number of rotatable bonds is 13. The van der Waals surface area contributed by atoms with Gasteiger partial charge in [0.1, 0.15) is 11.8 Å². The minimum absolute atomic E-state index is 0.0980. The first-order chi connectivity index (χ1) is 26.7. The maximum atomic E-state index is 12.2. The first-order valence-corrected chi connectivity index (χ1v) is 19.6. The number of carboxylic acid groups (broad SMARTS) is 1. The number of carbonyl (C=O) groups is 2. The third-order valence-electron chi connectivity index (χ3n) is 11.8. The molecule has 2 aliphatic carbocycles. The molecule has 2 aromatic carbocycles. The van der Waals surface area contributed by atoms with Gasteiger partial charge in [0.25, 0.3) is 5.88 Å². The van der Waals surface area contributed by atoms with Gasteiger partial charge in [-0.05, 0) is 67.7 Å². The lowest BCUT2D eigenvalue weighted by Gasteiger charge is -2.50. The van der Waals surface area contributed by atoms with E-state index in [4.69, 9.17) is 42.4 Å². The lowest BCUT2D eigenvalue weighted by Crippen LogP contribution is -2.56. The zero-order valence-electron chi connectivity index (χ0n) is 30.9. The van der Waals surface area contributed by atoms with Crippen LogP contribution in [0.5, 0.6) is 17.6 Å². The monoisotopic (exact) mass is 786 g/mol. The Balaban J connectivity index is 0.994. The van der Waals surface area contributed by atoms with Gasteiger partial charge >= 0.3 is 5.97 Å². The Morgan fingerprint density at radius 3 is 2.44 bits per heavy atom. The van der Waals surface area contributed by atoms with E-state index in [2.05, 4.69) is 37.6 Å². The molecule has 14 heteroatoms. The second-order valence-corrected chi connectivity index (χ2v) is 15.7. The molecule has 3 N–H and O–H groups in total. The van der Waals surface area contributed by atoms with E-state index in [0.717, 1.165) is 59.1 Å². The molecule has 288 valence electrons. The average molecular weight is 788 g/mol. The summed E-state index contributed by atoms with van der Waals surface area (Å²) in [6.45, 7) is 2.10. The third kappa shape index (κ3) is 7.33. The molecule has 1 saturated carbocycles. The topological polar surface area (TPSA) is 148 Å². The van der Waals surface area contributed by atoms with Crippen LogP contribution in [-0.4, -0.2) is 76.2 Å². The van der Waals surface area contributed by atoms with Crippen molar-refractivity contribution in [2.24, 2.45) is 5.41 Å². The average Bonchev–Trinajstić information content (AvgIpc) is 3.81. The highest BCUT2D eigenvalue weighted by Gasteiger charge is 2.50. The van der Waals surface area contributed by atoms with E-state index in [1.54, 1.807) is 14.2 Å². The van der Waals surface area contributed by atoms with Crippen LogP contribution in [0.1, 0.15) is 73.4 Å². The molecule has 4 aromatic rings. The fourth-order valence-electron chi connectivity index (χ4n) is 8.82. The summed E-state index contributed by atoms with van der Waals surface area (Å²) in [6.07, 6.45) is 5.65. The highest BCUT2D eigenvalue weighted by molar-refractivity contribution is 6.36. The summed E-state index contributed by atoms with van der Waals surface area (Å²) in [5.74, 6) is 0.387. The summed E-state index contributed by atoms with van der Waals surface area (Å²) in [5.41, 5.74) is 6.31. The number of aliphatic carboxylic acids is 1. The number of hydrogen-bond donors (Lipinski definition) is 3. The third-order valence-corrected chi connectivity index (χ3v) is 12.4. The fraction of sp³-hybridized carbons (Fsp3) is 0.439. The minimum Gasteiger partial charge on any atom is -0.481 e. The normalized spacial score (nSPS) is 23.1. The SMILES string of the molecule is COc1nc(-c2cccc(-c3cccc4c3CC[C@@H]4Oc3nc(OC)c(CN4CC5(C(=O)O)CCC4CC5)nc3Cl)c2Cl)ccc1CNC[C@@H]1CCC(=O)N1. The van der Waals surface area contributed by atoms with Crippen LogP contribution in [0.3, 0.4) is 0 Å². The Hall–Kier alpha value is -4.49. The van der Waals surface area contributed by atoms with E-state index in [1.807, 2.05) is 36.4 Å². The number of hydrogen-bond acceptors (Lipinski definition) is 10.